The predicted octanol–water partition coefficient (Wildman–Crippen LogP) is 0.688. The number of nitrogens with one attached hydrogen (secondary N) is 1. The highest BCUT2D eigenvalue weighted by Gasteiger charge is 2.44. The number of benzene rings is 1. The van der Waals surface area contributed by atoms with Gasteiger partial charge in [0.25, 0.3) is 0 Å². The second kappa shape index (κ2) is 3.46. The Hall–Kier alpha value is -1.09. The Morgan fingerprint density at radius 1 is 1.25 bits per heavy atom. The van der Waals surface area contributed by atoms with Crippen LogP contribution in [0.5, 0.6) is 0 Å². The summed E-state index contributed by atoms with van der Waals surface area (Å²) in [6, 6.07) is 5.72. The Kier molecular flexibility index (Phi) is 2.18. The van der Waals surface area contributed by atoms with E-state index >= 15 is 0 Å². The minimum Gasteiger partial charge on any atom is -0.317 e. The number of carbonyl (C=O) groups is 1. The molecule has 0 atom stereocenters. The van der Waals surface area contributed by atoms with Crippen LogP contribution in [0, 0.1) is 0 Å². The number of piperidine rings is 1. The standard InChI is InChI=1S/C13H14BNO/c14-10-3-1-2-9-11(16)8-13(12(9)10)4-6-15-7-5-13/h1-3,15H,4-8H2. The summed E-state index contributed by atoms with van der Waals surface area (Å²) in [7, 11) is 6.07. The van der Waals surface area contributed by atoms with Crippen molar-refractivity contribution in [3.63, 3.8) is 0 Å². The van der Waals surface area contributed by atoms with Crippen molar-refractivity contribution in [2.45, 2.75) is 24.7 Å². The minimum atomic E-state index is 0.0308. The second-order valence-electron chi connectivity index (χ2n) is 4.90. The van der Waals surface area contributed by atoms with Gasteiger partial charge in [0.15, 0.2) is 5.78 Å². The van der Waals surface area contributed by atoms with Gasteiger partial charge < -0.3 is 5.32 Å². The molecule has 1 fully saturated rings. The zero-order valence-electron chi connectivity index (χ0n) is 9.25. The summed E-state index contributed by atoms with van der Waals surface area (Å²) in [4.78, 5) is 12.0. The lowest BCUT2D eigenvalue weighted by atomic mass is 9.70. The average Bonchev–Trinajstić information content (AvgIpc) is 2.55. The van der Waals surface area contributed by atoms with E-state index in [-0.39, 0.29) is 11.2 Å². The van der Waals surface area contributed by atoms with Crippen LogP contribution in [-0.2, 0) is 5.41 Å². The Morgan fingerprint density at radius 2 is 2.00 bits per heavy atom. The van der Waals surface area contributed by atoms with Crippen LogP contribution in [0.4, 0.5) is 0 Å². The van der Waals surface area contributed by atoms with E-state index in [1.165, 1.54) is 0 Å². The Balaban J connectivity index is 2.16. The van der Waals surface area contributed by atoms with Crippen LogP contribution in [-0.4, -0.2) is 26.7 Å². The first-order valence-corrected chi connectivity index (χ1v) is 5.86. The molecule has 1 spiro atoms. The summed E-state index contributed by atoms with van der Waals surface area (Å²) in [6.07, 6.45) is 2.71. The molecule has 2 aliphatic rings. The molecular weight excluding hydrogens is 197 g/mol. The quantitative estimate of drug-likeness (QED) is 0.639. The molecule has 1 aromatic carbocycles. The van der Waals surface area contributed by atoms with Crippen molar-refractivity contribution in [2.24, 2.45) is 0 Å². The van der Waals surface area contributed by atoms with Crippen molar-refractivity contribution >= 4 is 19.1 Å². The maximum absolute atomic E-state index is 12.0. The van der Waals surface area contributed by atoms with Crippen LogP contribution in [0.1, 0.15) is 35.2 Å². The van der Waals surface area contributed by atoms with E-state index < -0.39 is 0 Å². The number of Topliss-reactive ketones (excluding diaryl/α,β-unsaturated/α-hetero) is 1. The van der Waals surface area contributed by atoms with Crippen molar-refractivity contribution < 1.29 is 4.79 Å². The Bertz CT molecular complexity index is 449. The van der Waals surface area contributed by atoms with Crippen molar-refractivity contribution in [3.8, 4) is 0 Å². The third kappa shape index (κ3) is 1.28. The van der Waals surface area contributed by atoms with Crippen LogP contribution in [0.25, 0.3) is 0 Å². The van der Waals surface area contributed by atoms with Gasteiger partial charge in [-0.3, -0.25) is 4.79 Å². The van der Waals surface area contributed by atoms with Gasteiger partial charge in [-0.05, 0) is 31.5 Å². The second-order valence-corrected chi connectivity index (χ2v) is 4.90. The van der Waals surface area contributed by atoms with Crippen molar-refractivity contribution in [2.75, 3.05) is 13.1 Å². The minimum absolute atomic E-state index is 0.0308. The SMILES string of the molecule is [B]c1cccc2c1C1(CCNCC1)CC2=O. The zero-order chi connectivity index (χ0) is 11.2. The lowest BCUT2D eigenvalue weighted by Crippen LogP contribution is -2.41. The van der Waals surface area contributed by atoms with Crippen LogP contribution in [0.2, 0.25) is 0 Å². The third-order valence-electron chi connectivity index (χ3n) is 3.99. The molecule has 1 heterocycles. The largest absolute Gasteiger partial charge is 0.317 e. The molecule has 0 bridgehead atoms. The lowest BCUT2D eigenvalue weighted by molar-refractivity contribution is 0.0964. The van der Waals surface area contributed by atoms with Crippen LogP contribution >= 0.6 is 0 Å². The van der Waals surface area contributed by atoms with Crippen LogP contribution in [0.15, 0.2) is 18.2 Å². The van der Waals surface area contributed by atoms with Crippen LogP contribution in [0.3, 0.4) is 0 Å². The highest BCUT2D eigenvalue weighted by Crippen LogP contribution is 2.43. The molecule has 2 nitrogen and oxygen atoms in total. The van der Waals surface area contributed by atoms with Gasteiger partial charge in [0, 0.05) is 17.4 Å². The van der Waals surface area contributed by atoms with E-state index in [4.69, 9.17) is 7.85 Å². The average molecular weight is 211 g/mol. The van der Waals surface area contributed by atoms with Gasteiger partial charge >= 0.3 is 0 Å². The van der Waals surface area contributed by atoms with E-state index in [0.717, 1.165) is 42.5 Å². The number of hydrogen-bond acceptors (Lipinski definition) is 2. The highest BCUT2D eigenvalue weighted by molar-refractivity contribution is 6.34. The van der Waals surface area contributed by atoms with Gasteiger partial charge in [0.05, 0.1) is 0 Å². The molecule has 3 rings (SSSR count). The van der Waals surface area contributed by atoms with Gasteiger partial charge in [-0.1, -0.05) is 23.7 Å². The Labute approximate surface area is 96.8 Å². The summed E-state index contributed by atoms with van der Waals surface area (Å²) in [5.41, 5.74) is 2.82. The van der Waals surface area contributed by atoms with E-state index in [1.54, 1.807) is 0 Å². The number of ketones is 1. The molecule has 1 saturated heterocycles. The molecule has 0 aromatic heterocycles. The van der Waals surface area contributed by atoms with E-state index in [0.29, 0.717) is 6.42 Å². The maximum Gasteiger partial charge on any atom is 0.164 e. The molecule has 16 heavy (non-hydrogen) atoms. The first-order valence-electron chi connectivity index (χ1n) is 5.86. The van der Waals surface area contributed by atoms with E-state index in [9.17, 15) is 4.79 Å². The maximum atomic E-state index is 12.0. The molecule has 2 radical (unpaired) electrons. The summed E-state index contributed by atoms with van der Waals surface area (Å²) in [6.45, 7) is 1.97. The number of carbonyl (C=O) groups excluding carboxylic acids is 1. The molecule has 3 heteroatoms. The molecule has 80 valence electrons. The lowest BCUT2D eigenvalue weighted by Gasteiger charge is -2.35. The molecular formula is C13H14BNO. The molecule has 1 aliphatic heterocycles. The van der Waals surface area contributed by atoms with Crippen LogP contribution < -0.4 is 10.8 Å². The van der Waals surface area contributed by atoms with Crippen molar-refractivity contribution in [3.05, 3.63) is 29.3 Å². The first-order chi connectivity index (χ1) is 7.73. The number of hydrogen-bond donors (Lipinski definition) is 1. The molecule has 1 aromatic rings. The fourth-order valence-corrected chi connectivity index (χ4v) is 3.22. The molecule has 0 saturated carbocycles. The van der Waals surface area contributed by atoms with Crippen molar-refractivity contribution in [1.29, 1.82) is 0 Å². The van der Waals surface area contributed by atoms with E-state index in [2.05, 4.69) is 5.32 Å². The highest BCUT2D eigenvalue weighted by atomic mass is 16.1. The smallest absolute Gasteiger partial charge is 0.164 e. The summed E-state index contributed by atoms with van der Waals surface area (Å²) < 4.78 is 0. The fraction of sp³-hybridized carbons (Fsp3) is 0.462. The van der Waals surface area contributed by atoms with Crippen molar-refractivity contribution in [1.82, 2.24) is 5.32 Å². The van der Waals surface area contributed by atoms with Gasteiger partial charge in [0.1, 0.15) is 7.85 Å². The predicted molar refractivity (Wildman–Crippen MR) is 64.6 cm³/mol. The monoisotopic (exact) mass is 211 g/mol. The normalized spacial score (nSPS) is 22.4. The first kappa shape index (κ1) is 10.1. The topological polar surface area (TPSA) is 29.1 Å². The van der Waals surface area contributed by atoms with Gasteiger partial charge in [-0.15, -0.1) is 0 Å². The molecule has 0 amide bonds. The molecule has 1 N–H and O–H groups in total. The fourth-order valence-electron chi connectivity index (χ4n) is 3.22. The van der Waals surface area contributed by atoms with Gasteiger partial charge in [0.2, 0.25) is 0 Å². The molecule has 0 unspecified atom stereocenters. The zero-order valence-corrected chi connectivity index (χ0v) is 9.25. The van der Waals surface area contributed by atoms with E-state index in [1.807, 2.05) is 18.2 Å². The van der Waals surface area contributed by atoms with Gasteiger partial charge in [-0.2, -0.15) is 0 Å². The molecule has 1 aliphatic carbocycles. The summed E-state index contributed by atoms with van der Waals surface area (Å²) >= 11 is 0. The number of fused-ring (bicyclic) bond motifs is 2. The van der Waals surface area contributed by atoms with Gasteiger partial charge in [-0.25, -0.2) is 0 Å². The summed E-state index contributed by atoms with van der Waals surface area (Å²) in [5.74, 6) is 0.268. The number of rotatable bonds is 0. The Morgan fingerprint density at radius 3 is 2.75 bits per heavy atom. The summed E-state index contributed by atoms with van der Waals surface area (Å²) in [5, 5.41) is 3.35. The third-order valence-corrected chi connectivity index (χ3v) is 3.99.